The fourth-order valence-corrected chi connectivity index (χ4v) is 2.39. The molecule has 2 N–H and O–H groups in total. The zero-order chi connectivity index (χ0) is 17.3. The zero-order valence-corrected chi connectivity index (χ0v) is 14.9. The van der Waals surface area contributed by atoms with Crippen LogP contribution in [0, 0.1) is 5.92 Å². The van der Waals surface area contributed by atoms with E-state index in [2.05, 4.69) is 19.2 Å². The van der Waals surface area contributed by atoms with E-state index in [1.54, 1.807) is 0 Å². The van der Waals surface area contributed by atoms with Crippen molar-refractivity contribution in [3.8, 4) is 0 Å². The van der Waals surface area contributed by atoms with Crippen LogP contribution in [0.4, 0.5) is 4.79 Å². The normalized spacial score (nSPS) is 10.7. The first-order valence-electron chi connectivity index (χ1n) is 9.14. The van der Waals surface area contributed by atoms with Crippen LogP contribution in [0.15, 0.2) is 0 Å². The summed E-state index contributed by atoms with van der Waals surface area (Å²) in [6.45, 7) is 5.51. The minimum absolute atomic E-state index is 0.131. The summed E-state index contributed by atoms with van der Waals surface area (Å²) in [7, 11) is 0. The predicted molar refractivity (Wildman–Crippen MR) is 92.6 cm³/mol. The third kappa shape index (κ3) is 18.7. The van der Waals surface area contributed by atoms with Crippen molar-refractivity contribution in [2.24, 2.45) is 5.92 Å². The molecule has 0 rings (SSSR count). The van der Waals surface area contributed by atoms with Gasteiger partial charge in [0.2, 0.25) is 0 Å². The van der Waals surface area contributed by atoms with Crippen LogP contribution >= 0.6 is 0 Å². The van der Waals surface area contributed by atoms with Gasteiger partial charge in [0.1, 0.15) is 0 Å². The lowest BCUT2D eigenvalue weighted by molar-refractivity contribution is -0.143. The Bertz CT molecular complexity index is 305. The van der Waals surface area contributed by atoms with Gasteiger partial charge in [0.15, 0.2) is 0 Å². The third-order valence-corrected chi connectivity index (χ3v) is 3.77. The maximum absolute atomic E-state index is 11.5. The van der Waals surface area contributed by atoms with Crippen LogP contribution in [-0.4, -0.2) is 30.3 Å². The number of rotatable bonds is 15. The molecule has 0 saturated carbocycles. The molecule has 0 aliphatic rings. The molecule has 0 radical (unpaired) electrons. The molecular weight excluding hydrogens is 294 g/mol. The van der Waals surface area contributed by atoms with Crippen LogP contribution in [0.3, 0.4) is 0 Å². The van der Waals surface area contributed by atoms with E-state index in [4.69, 9.17) is 9.84 Å². The van der Waals surface area contributed by atoms with Crippen molar-refractivity contribution in [3.63, 3.8) is 0 Å². The standard InChI is InChI=1S/C18H35NO4/c1-16(2)12-8-5-3-4-6-11-15-23-17(20)13-9-7-10-14-19-18(21)22/h16,19H,3-15H2,1-2H3,(H,21,22). The minimum Gasteiger partial charge on any atom is -0.466 e. The second-order valence-electron chi connectivity index (χ2n) is 6.57. The molecule has 0 heterocycles. The van der Waals surface area contributed by atoms with E-state index in [-0.39, 0.29) is 5.97 Å². The van der Waals surface area contributed by atoms with E-state index in [1.165, 1.54) is 32.1 Å². The Morgan fingerprint density at radius 1 is 0.913 bits per heavy atom. The summed E-state index contributed by atoms with van der Waals surface area (Å²) >= 11 is 0. The number of carbonyl (C=O) groups is 2. The molecule has 136 valence electrons. The average Bonchev–Trinajstić information content (AvgIpc) is 2.48. The first-order valence-corrected chi connectivity index (χ1v) is 9.14. The maximum Gasteiger partial charge on any atom is 0.404 e. The highest BCUT2D eigenvalue weighted by molar-refractivity contribution is 5.69. The van der Waals surface area contributed by atoms with E-state index < -0.39 is 6.09 Å². The maximum atomic E-state index is 11.5. The molecule has 0 aliphatic heterocycles. The summed E-state index contributed by atoms with van der Waals surface area (Å²) in [6, 6.07) is 0. The molecule has 0 unspecified atom stereocenters. The molecule has 23 heavy (non-hydrogen) atoms. The molecule has 0 fully saturated rings. The summed E-state index contributed by atoms with van der Waals surface area (Å²) in [6.07, 6.45) is 10.4. The Kier molecular flexibility index (Phi) is 14.8. The quantitative estimate of drug-likeness (QED) is 0.336. The number of ether oxygens (including phenoxy) is 1. The van der Waals surface area contributed by atoms with Gasteiger partial charge in [-0.2, -0.15) is 0 Å². The lowest BCUT2D eigenvalue weighted by Gasteiger charge is -2.06. The van der Waals surface area contributed by atoms with Gasteiger partial charge in [0, 0.05) is 13.0 Å². The molecule has 0 aromatic heterocycles. The van der Waals surface area contributed by atoms with Crippen LogP contribution in [0.25, 0.3) is 0 Å². The number of carbonyl (C=O) groups excluding carboxylic acids is 1. The van der Waals surface area contributed by atoms with E-state index in [0.717, 1.165) is 38.0 Å². The summed E-state index contributed by atoms with van der Waals surface area (Å²) in [5.74, 6) is 0.677. The van der Waals surface area contributed by atoms with Crippen molar-refractivity contribution < 1.29 is 19.4 Å². The first-order chi connectivity index (χ1) is 11.0. The van der Waals surface area contributed by atoms with E-state index >= 15 is 0 Å². The molecule has 0 bridgehead atoms. The molecule has 0 spiro atoms. The van der Waals surface area contributed by atoms with Crippen molar-refractivity contribution >= 4 is 12.1 Å². The summed E-state index contributed by atoms with van der Waals surface area (Å²) in [5, 5.41) is 10.7. The molecule has 0 aromatic carbocycles. The smallest absolute Gasteiger partial charge is 0.404 e. The highest BCUT2D eigenvalue weighted by atomic mass is 16.5. The fourth-order valence-electron chi connectivity index (χ4n) is 2.39. The fraction of sp³-hybridized carbons (Fsp3) is 0.889. The van der Waals surface area contributed by atoms with Crippen molar-refractivity contribution in [2.75, 3.05) is 13.2 Å². The first kappa shape index (κ1) is 21.7. The molecule has 0 aromatic rings. The van der Waals surface area contributed by atoms with Gasteiger partial charge in [-0.1, -0.05) is 58.8 Å². The minimum atomic E-state index is -0.996. The van der Waals surface area contributed by atoms with Gasteiger partial charge in [-0.25, -0.2) is 4.79 Å². The summed E-state index contributed by atoms with van der Waals surface area (Å²) < 4.78 is 5.20. The number of hydrogen-bond donors (Lipinski definition) is 2. The number of hydrogen-bond acceptors (Lipinski definition) is 3. The largest absolute Gasteiger partial charge is 0.466 e. The van der Waals surface area contributed by atoms with Crippen LogP contribution in [0.2, 0.25) is 0 Å². The number of unbranched alkanes of at least 4 members (excludes halogenated alkanes) is 7. The summed E-state index contributed by atoms with van der Waals surface area (Å²) in [5.41, 5.74) is 0. The van der Waals surface area contributed by atoms with E-state index in [1.807, 2.05) is 0 Å². The van der Waals surface area contributed by atoms with Gasteiger partial charge in [-0.05, 0) is 25.2 Å². The highest BCUT2D eigenvalue weighted by Crippen LogP contribution is 2.11. The molecule has 0 saturated heterocycles. The van der Waals surface area contributed by atoms with Crippen LogP contribution in [0.5, 0.6) is 0 Å². The van der Waals surface area contributed by atoms with Crippen molar-refractivity contribution in [1.29, 1.82) is 0 Å². The topological polar surface area (TPSA) is 75.6 Å². The molecule has 0 atom stereocenters. The van der Waals surface area contributed by atoms with Crippen molar-refractivity contribution in [1.82, 2.24) is 5.32 Å². The molecule has 5 nitrogen and oxygen atoms in total. The van der Waals surface area contributed by atoms with Crippen LogP contribution in [0.1, 0.15) is 84.5 Å². The third-order valence-electron chi connectivity index (χ3n) is 3.77. The monoisotopic (exact) mass is 329 g/mol. The SMILES string of the molecule is CC(C)CCCCCCCCOC(=O)CCCCCNC(=O)O. The van der Waals surface area contributed by atoms with Crippen molar-refractivity contribution in [2.45, 2.75) is 84.5 Å². The van der Waals surface area contributed by atoms with Gasteiger partial charge < -0.3 is 15.2 Å². The molecular formula is C18H35NO4. The van der Waals surface area contributed by atoms with Gasteiger partial charge >= 0.3 is 12.1 Å². The Labute approximate surface area is 141 Å². The lowest BCUT2D eigenvalue weighted by atomic mass is 10.0. The van der Waals surface area contributed by atoms with E-state index in [9.17, 15) is 9.59 Å². The van der Waals surface area contributed by atoms with Gasteiger partial charge in [0.05, 0.1) is 6.61 Å². The zero-order valence-electron chi connectivity index (χ0n) is 14.9. The lowest BCUT2D eigenvalue weighted by Crippen LogP contribution is -2.21. The Morgan fingerprint density at radius 3 is 2.17 bits per heavy atom. The Morgan fingerprint density at radius 2 is 1.52 bits per heavy atom. The Hall–Kier alpha value is -1.26. The molecule has 1 amide bonds. The van der Waals surface area contributed by atoms with Crippen LogP contribution in [-0.2, 0) is 9.53 Å². The van der Waals surface area contributed by atoms with E-state index in [0.29, 0.717) is 19.6 Å². The second kappa shape index (κ2) is 15.6. The summed E-state index contributed by atoms with van der Waals surface area (Å²) in [4.78, 5) is 21.7. The second-order valence-corrected chi connectivity index (χ2v) is 6.57. The molecule has 0 aliphatic carbocycles. The Balaban J connectivity index is 3.20. The van der Waals surface area contributed by atoms with Gasteiger partial charge in [-0.3, -0.25) is 4.79 Å². The predicted octanol–water partition coefficient (Wildman–Crippen LogP) is 4.74. The number of carboxylic acid groups (broad SMARTS) is 1. The van der Waals surface area contributed by atoms with Gasteiger partial charge in [-0.15, -0.1) is 0 Å². The number of amides is 1. The number of esters is 1. The van der Waals surface area contributed by atoms with Crippen molar-refractivity contribution in [3.05, 3.63) is 0 Å². The average molecular weight is 329 g/mol. The highest BCUT2D eigenvalue weighted by Gasteiger charge is 2.03. The molecule has 5 heteroatoms. The number of nitrogens with one attached hydrogen (secondary N) is 1. The van der Waals surface area contributed by atoms with Crippen LogP contribution < -0.4 is 5.32 Å². The van der Waals surface area contributed by atoms with Gasteiger partial charge in [0.25, 0.3) is 0 Å².